The summed E-state index contributed by atoms with van der Waals surface area (Å²) in [7, 11) is -3.74. The normalized spacial score (nSPS) is 11.6. The number of nitrogens with two attached hydrogens (primary N) is 1. The van der Waals surface area contributed by atoms with Crippen LogP contribution < -0.4 is 5.14 Å². The van der Waals surface area contributed by atoms with Crippen molar-refractivity contribution in [3.8, 4) is 27.5 Å². The van der Waals surface area contributed by atoms with Gasteiger partial charge in [0.25, 0.3) is 0 Å². The molecule has 0 aliphatic heterocycles. The van der Waals surface area contributed by atoms with Crippen LogP contribution in [0.1, 0.15) is 0 Å². The molecule has 0 atom stereocenters. The first-order chi connectivity index (χ1) is 12.9. The molecule has 2 aromatic heterocycles. The van der Waals surface area contributed by atoms with Crippen LogP contribution in [-0.4, -0.2) is 18.2 Å². The van der Waals surface area contributed by atoms with Gasteiger partial charge in [-0.2, -0.15) is 5.10 Å². The van der Waals surface area contributed by atoms with Crippen LogP contribution in [0.15, 0.2) is 77.0 Å². The first kappa shape index (κ1) is 17.9. The third kappa shape index (κ3) is 3.68. The summed E-state index contributed by atoms with van der Waals surface area (Å²) in [5, 5.41) is 12.6. The predicted molar refractivity (Wildman–Crippen MR) is 109 cm³/mol. The second-order valence-electron chi connectivity index (χ2n) is 5.85. The molecule has 0 spiro atoms. The highest BCUT2D eigenvalue weighted by Gasteiger charge is 2.15. The number of nitrogens with zero attached hydrogens (tertiary/aromatic N) is 2. The molecular formula is C19H14ClN3O2S2. The van der Waals surface area contributed by atoms with Crippen LogP contribution in [0.5, 0.6) is 0 Å². The van der Waals surface area contributed by atoms with E-state index < -0.39 is 10.0 Å². The fraction of sp³-hybridized carbons (Fsp3) is 0. The van der Waals surface area contributed by atoms with Gasteiger partial charge in [-0.05, 0) is 53.9 Å². The predicted octanol–water partition coefficient (Wildman–Crippen LogP) is 4.57. The number of primary sulfonamides is 1. The quantitative estimate of drug-likeness (QED) is 0.530. The number of rotatable bonds is 4. The van der Waals surface area contributed by atoms with Crippen LogP contribution in [0, 0.1) is 0 Å². The molecule has 0 radical (unpaired) electrons. The Hall–Kier alpha value is -2.45. The van der Waals surface area contributed by atoms with Gasteiger partial charge in [0.15, 0.2) is 0 Å². The lowest BCUT2D eigenvalue weighted by molar-refractivity contribution is 0.598. The van der Waals surface area contributed by atoms with Crippen LogP contribution in [0.4, 0.5) is 0 Å². The Balaban J connectivity index is 1.86. The fourth-order valence-electron chi connectivity index (χ4n) is 2.73. The largest absolute Gasteiger partial charge is 0.238 e. The molecule has 4 aromatic rings. The maximum Gasteiger partial charge on any atom is 0.238 e. The summed E-state index contributed by atoms with van der Waals surface area (Å²) in [5.74, 6) is 0. The van der Waals surface area contributed by atoms with Gasteiger partial charge in [-0.3, -0.25) is 0 Å². The highest BCUT2D eigenvalue weighted by Crippen LogP contribution is 2.31. The molecule has 136 valence electrons. The van der Waals surface area contributed by atoms with E-state index in [-0.39, 0.29) is 4.90 Å². The molecular weight excluding hydrogens is 402 g/mol. The van der Waals surface area contributed by atoms with Crippen LogP contribution in [0.2, 0.25) is 5.02 Å². The van der Waals surface area contributed by atoms with Crippen LogP contribution in [0.3, 0.4) is 0 Å². The lowest BCUT2D eigenvalue weighted by Crippen LogP contribution is -2.12. The number of halogens is 1. The molecule has 0 unspecified atom stereocenters. The van der Waals surface area contributed by atoms with Gasteiger partial charge in [0.1, 0.15) is 5.69 Å². The number of thiophene rings is 1. The van der Waals surface area contributed by atoms with Crippen molar-refractivity contribution in [2.24, 2.45) is 5.14 Å². The maximum atomic E-state index is 11.5. The molecule has 0 saturated heterocycles. The summed E-state index contributed by atoms with van der Waals surface area (Å²) in [5.41, 5.74) is 3.39. The minimum atomic E-state index is -3.74. The summed E-state index contributed by atoms with van der Waals surface area (Å²) < 4.78 is 24.8. The van der Waals surface area contributed by atoms with Gasteiger partial charge in [0.05, 0.1) is 21.2 Å². The molecule has 0 saturated carbocycles. The van der Waals surface area contributed by atoms with E-state index in [1.165, 1.54) is 12.1 Å². The Morgan fingerprint density at radius 1 is 1.00 bits per heavy atom. The molecule has 0 amide bonds. The van der Waals surface area contributed by atoms with Gasteiger partial charge in [0.2, 0.25) is 10.0 Å². The summed E-state index contributed by atoms with van der Waals surface area (Å²) in [6, 6.07) is 19.8. The van der Waals surface area contributed by atoms with Crippen molar-refractivity contribution >= 4 is 33.0 Å². The average Bonchev–Trinajstić information content (AvgIpc) is 3.31. The third-order valence-corrected chi connectivity index (χ3v) is 6.11. The Kier molecular flexibility index (Phi) is 4.61. The zero-order valence-corrected chi connectivity index (χ0v) is 16.3. The molecule has 8 heteroatoms. The molecule has 0 aliphatic carbocycles. The maximum absolute atomic E-state index is 11.5. The monoisotopic (exact) mass is 415 g/mol. The lowest BCUT2D eigenvalue weighted by Gasteiger charge is -2.08. The van der Waals surface area contributed by atoms with Gasteiger partial charge < -0.3 is 0 Å². The Morgan fingerprint density at radius 2 is 1.70 bits per heavy atom. The first-order valence-electron chi connectivity index (χ1n) is 7.95. The van der Waals surface area contributed by atoms with Gasteiger partial charge in [-0.1, -0.05) is 29.8 Å². The summed E-state index contributed by atoms with van der Waals surface area (Å²) in [6.07, 6.45) is 0. The van der Waals surface area contributed by atoms with Crippen molar-refractivity contribution < 1.29 is 8.42 Å². The Morgan fingerprint density at radius 3 is 2.30 bits per heavy atom. The topological polar surface area (TPSA) is 78.0 Å². The molecule has 27 heavy (non-hydrogen) atoms. The van der Waals surface area contributed by atoms with Gasteiger partial charge in [-0.25, -0.2) is 18.2 Å². The van der Waals surface area contributed by atoms with Crippen LogP contribution >= 0.6 is 22.9 Å². The third-order valence-electron chi connectivity index (χ3n) is 4.03. The molecule has 0 aliphatic rings. The highest BCUT2D eigenvalue weighted by atomic mass is 35.5. The van der Waals surface area contributed by atoms with Crippen molar-refractivity contribution in [2.75, 3.05) is 0 Å². The summed E-state index contributed by atoms with van der Waals surface area (Å²) in [4.78, 5) is 1.11. The van der Waals surface area contributed by atoms with Crippen molar-refractivity contribution in [3.63, 3.8) is 0 Å². The van der Waals surface area contributed by atoms with E-state index in [2.05, 4.69) is 0 Å². The van der Waals surface area contributed by atoms with Gasteiger partial charge >= 0.3 is 0 Å². The van der Waals surface area contributed by atoms with E-state index in [0.717, 1.165) is 27.5 Å². The minimum absolute atomic E-state index is 0.0601. The minimum Gasteiger partial charge on any atom is -0.232 e. The second kappa shape index (κ2) is 6.94. The SMILES string of the molecule is NS(=O)(=O)c1ccc(-n2nc(-c3cccs3)cc2-c2ccc(Cl)cc2)cc1. The molecule has 0 fully saturated rings. The van der Waals surface area contributed by atoms with E-state index in [9.17, 15) is 8.42 Å². The van der Waals surface area contributed by atoms with Crippen molar-refractivity contribution in [1.29, 1.82) is 0 Å². The zero-order chi connectivity index (χ0) is 19.0. The standard InChI is InChI=1S/C19H14ClN3O2S2/c20-14-5-3-13(4-6-14)18-12-17(19-2-1-11-26-19)22-23(18)15-7-9-16(10-8-15)27(21,24)25/h1-12H,(H2,21,24,25). The molecule has 5 nitrogen and oxygen atoms in total. The Bertz CT molecular complexity index is 1180. The van der Waals surface area contributed by atoms with E-state index in [1.54, 1.807) is 28.2 Å². The zero-order valence-electron chi connectivity index (χ0n) is 13.9. The molecule has 2 N–H and O–H groups in total. The Labute approximate surface area is 165 Å². The number of hydrogen-bond donors (Lipinski definition) is 1. The number of benzene rings is 2. The van der Waals surface area contributed by atoms with Crippen molar-refractivity contribution in [3.05, 3.63) is 77.1 Å². The van der Waals surface area contributed by atoms with E-state index >= 15 is 0 Å². The smallest absolute Gasteiger partial charge is 0.232 e. The van der Waals surface area contributed by atoms with Gasteiger partial charge in [-0.15, -0.1) is 11.3 Å². The van der Waals surface area contributed by atoms with Crippen molar-refractivity contribution in [2.45, 2.75) is 4.90 Å². The molecule has 2 heterocycles. The van der Waals surface area contributed by atoms with Crippen LogP contribution in [-0.2, 0) is 10.0 Å². The molecule has 0 bridgehead atoms. The lowest BCUT2D eigenvalue weighted by atomic mass is 10.1. The van der Waals surface area contributed by atoms with Crippen molar-refractivity contribution in [1.82, 2.24) is 9.78 Å². The second-order valence-corrected chi connectivity index (χ2v) is 8.80. The summed E-state index contributed by atoms with van der Waals surface area (Å²) >= 11 is 7.62. The van der Waals surface area contributed by atoms with E-state index in [4.69, 9.17) is 21.8 Å². The highest BCUT2D eigenvalue weighted by molar-refractivity contribution is 7.89. The number of hydrogen-bond acceptors (Lipinski definition) is 4. The number of aromatic nitrogens is 2. The fourth-order valence-corrected chi connectivity index (χ4v) is 4.05. The molecule has 4 rings (SSSR count). The first-order valence-corrected chi connectivity index (χ1v) is 10.8. The van der Waals surface area contributed by atoms with E-state index in [1.807, 2.05) is 47.8 Å². The average molecular weight is 416 g/mol. The number of sulfonamides is 1. The molecule has 2 aromatic carbocycles. The summed E-state index contributed by atoms with van der Waals surface area (Å²) in [6.45, 7) is 0. The van der Waals surface area contributed by atoms with E-state index in [0.29, 0.717) is 5.02 Å². The van der Waals surface area contributed by atoms with Gasteiger partial charge in [0, 0.05) is 10.6 Å². The van der Waals surface area contributed by atoms with Crippen LogP contribution in [0.25, 0.3) is 27.5 Å².